The zero-order chi connectivity index (χ0) is 7.82. The van der Waals surface area contributed by atoms with Crippen LogP contribution in [-0.2, 0) is 0 Å². The number of unbranched alkanes of at least 4 members (excludes halogenated alkanes) is 2. The summed E-state index contributed by atoms with van der Waals surface area (Å²) in [7, 11) is 2.03. The molecule has 0 aliphatic carbocycles. The summed E-state index contributed by atoms with van der Waals surface area (Å²) in [4.78, 5) is 2.05. The zero-order valence-electron chi connectivity index (χ0n) is 7.28. The molecule has 0 atom stereocenters. The van der Waals surface area contributed by atoms with Crippen LogP contribution in [0.5, 0.6) is 0 Å². The molecule has 1 heteroatoms. The van der Waals surface area contributed by atoms with E-state index >= 15 is 0 Å². The van der Waals surface area contributed by atoms with Gasteiger partial charge < -0.3 is 4.90 Å². The van der Waals surface area contributed by atoms with Gasteiger partial charge in [-0.25, -0.2) is 0 Å². The summed E-state index contributed by atoms with van der Waals surface area (Å²) in [5.41, 5.74) is 0. The fourth-order valence-electron chi connectivity index (χ4n) is 0.846. The highest BCUT2D eigenvalue weighted by atomic mass is 15.1. The Morgan fingerprint density at radius 3 is 2.50 bits per heavy atom. The zero-order valence-corrected chi connectivity index (χ0v) is 7.28. The van der Waals surface area contributed by atoms with E-state index in [4.69, 9.17) is 0 Å². The summed E-state index contributed by atoms with van der Waals surface area (Å²) in [6, 6.07) is 2.99. The van der Waals surface area contributed by atoms with E-state index in [1.165, 1.54) is 19.3 Å². The average molecular weight is 139 g/mol. The molecule has 0 amide bonds. The van der Waals surface area contributed by atoms with Gasteiger partial charge in [0.15, 0.2) is 0 Å². The van der Waals surface area contributed by atoms with Crippen molar-refractivity contribution < 1.29 is 0 Å². The van der Waals surface area contributed by atoms with Crippen LogP contribution in [0.2, 0.25) is 0 Å². The molecule has 0 saturated carbocycles. The van der Waals surface area contributed by atoms with Gasteiger partial charge in [0, 0.05) is 19.6 Å². The summed E-state index contributed by atoms with van der Waals surface area (Å²) in [6.45, 7) is 5.19. The van der Waals surface area contributed by atoms with Crippen molar-refractivity contribution >= 4 is 0 Å². The molecule has 0 radical (unpaired) electrons. The molecule has 58 valence electrons. The van der Waals surface area contributed by atoms with Crippen molar-refractivity contribution in [3.8, 4) is 12.0 Å². The van der Waals surface area contributed by atoms with E-state index in [2.05, 4.69) is 23.8 Å². The highest BCUT2D eigenvalue weighted by Crippen LogP contribution is 1.94. The third kappa shape index (κ3) is 5.50. The van der Waals surface area contributed by atoms with Crippen LogP contribution >= 0.6 is 0 Å². The normalized spacial score (nSPS) is 8.30. The lowest BCUT2D eigenvalue weighted by Gasteiger charge is -2.08. The number of hydrogen-bond donors (Lipinski definition) is 0. The van der Waals surface area contributed by atoms with Crippen molar-refractivity contribution in [2.24, 2.45) is 0 Å². The van der Waals surface area contributed by atoms with E-state index in [1.807, 2.05) is 14.0 Å². The first kappa shape index (κ1) is 9.36. The van der Waals surface area contributed by atoms with Gasteiger partial charge in [0.25, 0.3) is 0 Å². The number of nitrogens with zero attached hydrogens (tertiary/aromatic N) is 1. The smallest absolute Gasteiger partial charge is 0.0257 e. The fourth-order valence-corrected chi connectivity index (χ4v) is 0.846. The van der Waals surface area contributed by atoms with E-state index in [0.717, 1.165) is 6.54 Å². The topological polar surface area (TPSA) is 3.24 Å². The molecule has 0 aromatic heterocycles. The third-order valence-corrected chi connectivity index (χ3v) is 1.40. The van der Waals surface area contributed by atoms with Crippen LogP contribution in [0.15, 0.2) is 0 Å². The average Bonchev–Trinajstić information content (AvgIpc) is 1.89. The van der Waals surface area contributed by atoms with Gasteiger partial charge in [0.2, 0.25) is 0 Å². The Hall–Kier alpha value is -0.640. The van der Waals surface area contributed by atoms with Gasteiger partial charge in [-0.3, -0.25) is 0 Å². The highest BCUT2D eigenvalue weighted by Gasteiger charge is 1.88. The third-order valence-electron chi connectivity index (χ3n) is 1.40. The van der Waals surface area contributed by atoms with E-state index in [9.17, 15) is 0 Å². The fraction of sp³-hybridized carbons (Fsp3) is 0.778. The Morgan fingerprint density at radius 2 is 2.00 bits per heavy atom. The number of hydrogen-bond acceptors (Lipinski definition) is 1. The Bertz CT molecular complexity index is 118. The second kappa shape index (κ2) is 6.48. The van der Waals surface area contributed by atoms with E-state index in [1.54, 1.807) is 0 Å². The maximum Gasteiger partial charge on any atom is 0.0257 e. The van der Waals surface area contributed by atoms with Crippen molar-refractivity contribution in [3.63, 3.8) is 0 Å². The van der Waals surface area contributed by atoms with Crippen molar-refractivity contribution in [1.82, 2.24) is 4.90 Å². The molecule has 0 heterocycles. The van der Waals surface area contributed by atoms with Crippen LogP contribution in [0, 0.1) is 12.0 Å². The van der Waals surface area contributed by atoms with Crippen LogP contribution in [0.25, 0.3) is 0 Å². The molecule has 0 fully saturated rings. The first-order valence-electron chi connectivity index (χ1n) is 3.94. The number of rotatable bonds is 4. The van der Waals surface area contributed by atoms with Gasteiger partial charge in [-0.1, -0.05) is 25.7 Å². The van der Waals surface area contributed by atoms with Gasteiger partial charge in [0.05, 0.1) is 0 Å². The van der Waals surface area contributed by atoms with Crippen LogP contribution < -0.4 is 0 Å². The van der Waals surface area contributed by atoms with Crippen LogP contribution in [-0.4, -0.2) is 18.5 Å². The van der Waals surface area contributed by atoms with Crippen molar-refractivity contribution in [3.05, 3.63) is 0 Å². The lowest BCUT2D eigenvalue weighted by Crippen LogP contribution is -2.12. The predicted octanol–water partition coefficient (Wildman–Crippen LogP) is 2.09. The van der Waals surface area contributed by atoms with Crippen molar-refractivity contribution in [2.75, 3.05) is 13.6 Å². The maximum atomic E-state index is 2.99. The van der Waals surface area contributed by atoms with Gasteiger partial charge in [-0.15, -0.1) is 0 Å². The van der Waals surface area contributed by atoms with Crippen LogP contribution in [0.1, 0.15) is 33.1 Å². The minimum Gasteiger partial charge on any atom is -0.336 e. The van der Waals surface area contributed by atoms with Gasteiger partial charge in [0.1, 0.15) is 0 Å². The first-order chi connectivity index (χ1) is 4.81. The summed E-state index contributed by atoms with van der Waals surface area (Å²) >= 11 is 0. The molecular formula is C9H17N. The Morgan fingerprint density at radius 1 is 1.30 bits per heavy atom. The quantitative estimate of drug-likeness (QED) is 0.327. The monoisotopic (exact) mass is 139 g/mol. The molecule has 0 rings (SSSR count). The second-order valence-corrected chi connectivity index (χ2v) is 2.49. The molecule has 0 spiro atoms. The molecule has 0 aromatic rings. The Labute approximate surface area is 64.4 Å². The summed E-state index contributed by atoms with van der Waals surface area (Å²) in [5, 5.41) is 0. The summed E-state index contributed by atoms with van der Waals surface area (Å²) in [6.07, 6.45) is 3.87. The molecule has 0 aliphatic heterocycles. The molecule has 1 nitrogen and oxygen atoms in total. The lowest BCUT2D eigenvalue weighted by molar-refractivity contribution is 0.457. The highest BCUT2D eigenvalue weighted by molar-refractivity contribution is 4.92. The summed E-state index contributed by atoms with van der Waals surface area (Å²) < 4.78 is 0. The minimum absolute atomic E-state index is 1.11. The lowest BCUT2D eigenvalue weighted by atomic mass is 10.2. The van der Waals surface area contributed by atoms with E-state index in [-0.39, 0.29) is 0 Å². The van der Waals surface area contributed by atoms with Crippen LogP contribution in [0.3, 0.4) is 0 Å². The molecule has 0 saturated heterocycles. The van der Waals surface area contributed by atoms with Crippen molar-refractivity contribution in [2.45, 2.75) is 33.1 Å². The predicted molar refractivity (Wildman–Crippen MR) is 45.6 cm³/mol. The standard InChI is InChI=1S/C9H17N/c1-4-6-7-9-10(3)8-5-2/h4,6-7,9H2,1-3H3. The van der Waals surface area contributed by atoms with Crippen LogP contribution in [0.4, 0.5) is 0 Å². The Balaban J connectivity index is 3.18. The molecule has 0 aromatic carbocycles. The van der Waals surface area contributed by atoms with E-state index in [0.29, 0.717) is 0 Å². The Kier molecular flexibility index (Phi) is 6.06. The molecule has 0 aliphatic rings. The SMILES string of the molecule is CC#CN(C)CCCCC. The maximum absolute atomic E-state index is 2.99. The minimum atomic E-state index is 1.11. The van der Waals surface area contributed by atoms with Crippen molar-refractivity contribution in [1.29, 1.82) is 0 Å². The van der Waals surface area contributed by atoms with E-state index < -0.39 is 0 Å². The molecule has 10 heavy (non-hydrogen) atoms. The summed E-state index contributed by atoms with van der Waals surface area (Å²) in [5.74, 6) is 2.87. The first-order valence-corrected chi connectivity index (χ1v) is 3.94. The molecule has 0 N–H and O–H groups in total. The molecule has 0 unspecified atom stereocenters. The molecule has 0 bridgehead atoms. The van der Waals surface area contributed by atoms with Gasteiger partial charge >= 0.3 is 0 Å². The molecular weight excluding hydrogens is 122 g/mol. The second-order valence-electron chi connectivity index (χ2n) is 2.49. The van der Waals surface area contributed by atoms with Gasteiger partial charge in [-0.2, -0.15) is 0 Å². The largest absolute Gasteiger partial charge is 0.336 e. The van der Waals surface area contributed by atoms with Gasteiger partial charge in [-0.05, 0) is 13.3 Å².